The minimum Gasteiger partial charge on any atom is -0.456 e. The van der Waals surface area contributed by atoms with E-state index in [1.807, 2.05) is 0 Å². The van der Waals surface area contributed by atoms with Crippen LogP contribution in [0.15, 0.2) is 24.3 Å². The van der Waals surface area contributed by atoms with Crippen molar-refractivity contribution >= 4 is 23.6 Å². The van der Waals surface area contributed by atoms with Crippen LogP contribution >= 0.6 is 0 Å². The molecule has 1 heterocycles. The van der Waals surface area contributed by atoms with E-state index in [0.717, 1.165) is 23.8 Å². The van der Waals surface area contributed by atoms with Gasteiger partial charge in [0.25, 0.3) is 0 Å². The van der Waals surface area contributed by atoms with Crippen molar-refractivity contribution in [3.05, 3.63) is 35.6 Å². The molecule has 1 aromatic carbocycles. The summed E-state index contributed by atoms with van der Waals surface area (Å²) in [6.07, 6.45) is 3.11. The summed E-state index contributed by atoms with van der Waals surface area (Å²) in [4.78, 5) is 50.2. The minimum absolute atomic E-state index is 0.0878. The summed E-state index contributed by atoms with van der Waals surface area (Å²) in [6, 6.07) is 3.98. The molecule has 0 N–H and O–H groups in total. The first-order chi connectivity index (χ1) is 12.4. The minimum atomic E-state index is -1.08. The highest BCUT2D eigenvalue weighted by Crippen LogP contribution is 2.38. The monoisotopic (exact) mass is 361 g/mol. The molecule has 2 amide bonds. The quantitative estimate of drug-likeness (QED) is 0.456. The number of amides is 2. The van der Waals surface area contributed by atoms with Crippen molar-refractivity contribution < 1.29 is 28.3 Å². The van der Waals surface area contributed by atoms with Gasteiger partial charge in [-0.2, -0.15) is 0 Å². The Morgan fingerprint density at radius 2 is 1.81 bits per heavy atom. The standard InChI is InChI=1S/C19H20FNO5/c1-11(21-17(23)14-7-2-3-8-15(14)18(21)24)19(25)26-10-16(22)12-5-4-6-13(20)9-12/h4-6,9,11,14-15H,2-3,7-8,10H2,1H3/t11-,14+,15+/m0/s1. The van der Waals surface area contributed by atoms with Crippen LogP contribution in [-0.4, -0.2) is 41.1 Å². The van der Waals surface area contributed by atoms with E-state index >= 15 is 0 Å². The highest BCUT2D eigenvalue weighted by molar-refractivity contribution is 6.08. The molecule has 2 fully saturated rings. The number of likely N-dealkylation sites (tertiary alicyclic amines) is 1. The van der Waals surface area contributed by atoms with Gasteiger partial charge < -0.3 is 4.74 Å². The second-order valence-corrected chi connectivity index (χ2v) is 6.76. The third kappa shape index (κ3) is 3.38. The van der Waals surface area contributed by atoms with E-state index in [-0.39, 0.29) is 29.2 Å². The molecular formula is C19H20FNO5. The van der Waals surface area contributed by atoms with Crippen molar-refractivity contribution in [1.82, 2.24) is 4.90 Å². The number of esters is 1. The molecule has 0 unspecified atom stereocenters. The van der Waals surface area contributed by atoms with E-state index in [4.69, 9.17) is 4.74 Å². The Bertz CT molecular complexity index is 738. The number of Topliss-reactive ketones (excluding diaryl/α,β-unsaturated/α-hetero) is 1. The molecule has 1 aromatic rings. The Kier molecular flexibility index (Phi) is 5.15. The number of nitrogens with zero attached hydrogens (tertiary/aromatic N) is 1. The predicted molar refractivity (Wildman–Crippen MR) is 88.5 cm³/mol. The molecule has 1 aliphatic carbocycles. The Balaban J connectivity index is 1.62. The lowest BCUT2D eigenvalue weighted by Crippen LogP contribution is -2.44. The molecule has 6 nitrogen and oxygen atoms in total. The number of hydrogen-bond donors (Lipinski definition) is 0. The molecule has 0 radical (unpaired) electrons. The summed E-state index contributed by atoms with van der Waals surface area (Å²) in [5.74, 6) is -3.30. The summed E-state index contributed by atoms with van der Waals surface area (Å²) >= 11 is 0. The molecule has 1 saturated carbocycles. The van der Waals surface area contributed by atoms with Crippen LogP contribution in [0.1, 0.15) is 43.0 Å². The zero-order chi connectivity index (χ0) is 18.8. The molecule has 1 aliphatic heterocycles. The van der Waals surface area contributed by atoms with Gasteiger partial charge in [0.2, 0.25) is 11.8 Å². The van der Waals surface area contributed by atoms with E-state index < -0.39 is 30.2 Å². The molecule has 0 bridgehead atoms. The average molecular weight is 361 g/mol. The maximum atomic E-state index is 13.1. The van der Waals surface area contributed by atoms with Crippen LogP contribution in [0.25, 0.3) is 0 Å². The number of halogens is 1. The third-order valence-corrected chi connectivity index (χ3v) is 5.10. The molecular weight excluding hydrogens is 341 g/mol. The normalized spacial score (nSPS) is 23.5. The lowest BCUT2D eigenvalue weighted by atomic mass is 9.81. The SMILES string of the molecule is C[C@@H](C(=O)OCC(=O)c1cccc(F)c1)N1C(=O)[C@@H]2CCCC[C@H]2C1=O. The van der Waals surface area contributed by atoms with E-state index in [0.29, 0.717) is 12.8 Å². The first-order valence-corrected chi connectivity index (χ1v) is 8.72. The molecule has 7 heteroatoms. The van der Waals surface area contributed by atoms with E-state index in [1.165, 1.54) is 25.1 Å². The number of ketones is 1. The summed E-state index contributed by atoms with van der Waals surface area (Å²) in [7, 11) is 0. The van der Waals surface area contributed by atoms with Gasteiger partial charge in [0.15, 0.2) is 12.4 Å². The van der Waals surface area contributed by atoms with Crippen LogP contribution in [0.5, 0.6) is 0 Å². The fraction of sp³-hybridized carbons (Fsp3) is 0.474. The van der Waals surface area contributed by atoms with Gasteiger partial charge in [0.1, 0.15) is 11.9 Å². The molecule has 2 aliphatic rings. The summed E-state index contributed by atoms with van der Waals surface area (Å²) in [6.45, 7) is 0.845. The zero-order valence-electron chi connectivity index (χ0n) is 14.4. The van der Waals surface area contributed by atoms with Crippen molar-refractivity contribution in [1.29, 1.82) is 0 Å². The number of fused-ring (bicyclic) bond motifs is 1. The van der Waals surface area contributed by atoms with Crippen LogP contribution in [0, 0.1) is 17.7 Å². The van der Waals surface area contributed by atoms with Gasteiger partial charge in [-0.25, -0.2) is 9.18 Å². The van der Waals surface area contributed by atoms with Crippen molar-refractivity contribution in [2.24, 2.45) is 11.8 Å². The first-order valence-electron chi connectivity index (χ1n) is 8.72. The fourth-order valence-corrected chi connectivity index (χ4v) is 3.68. The van der Waals surface area contributed by atoms with Crippen LogP contribution < -0.4 is 0 Å². The van der Waals surface area contributed by atoms with Gasteiger partial charge in [0, 0.05) is 5.56 Å². The Morgan fingerprint density at radius 3 is 2.38 bits per heavy atom. The topological polar surface area (TPSA) is 80.8 Å². The molecule has 1 saturated heterocycles. The van der Waals surface area contributed by atoms with Crippen LogP contribution in [0.2, 0.25) is 0 Å². The summed E-state index contributed by atoms with van der Waals surface area (Å²) < 4.78 is 18.1. The fourth-order valence-electron chi connectivity index (χ4n) is 3.68. The van der Waals surface area contributed by atoms with Crippen molar-refractivity contribution in [3.63, 3.8) is 0 Å². The molecule has 138 valence electrons. The smallest absolute Gasteiger partial charge is 0.329 e. The number of carbonyl (C=O) groups excluding carboxylic acids is 4. The summed E-state index contributed by atoms with van der Waals surface area (Å²) in [5.41, 5.74) is 0.0878. The van der Waals surface area contributed by atoms with Crippen LogP contribution in [0.4, 0.5) is 4.39 Å². The predicted octanol–water partition coefficient (Wildman–Crippen LogP) is 2.12. The average Bonchev–Trinajstić information content (AvgIpc) is 2.90. The molecule has 3 rings (SSSR count). The molecule has 3 atom stereocenters. The number of benzene rings is 1. The van der Waals surface area contributed by atoms with Crippen molar-refractivity contribution in [2.45, 2.75) is 38.6 Å². The number of hydrogen-bond acceptors (Lipinski definition) is 5. The van der Waals surface area contributed by atoms with E-state index in [9.17, 15) is 23.6 Å². The Labute approximate surface area is 150 Å². The third-order valence-electron chi connectivity index (χ3n) is 5.10. The number of carbonyl (C=O) groups is 4. The number of rotatable bonds is 5. The van der Waals surface area contributed by atoms with Crippen molar-refractivity contribution in [3.8, 4) is 0 Å². The lowest BCUT2D eigenvalue weighted by Gasteiger charge is -2.21. The molecule has 0 spiro atoms. The number of imide groups is 1. The first kappa shape index (κ1) is 18.2. The molecule has 26 heavy (non-hydrogen) atoms. The summed E-state index contributed by atoms with van der Waals surface area (Å²) in [5, 5.41) is 0. The Morgan fingerprint density at radius 1 is 1.19 bits per heavy atom. The van der Waals surface area contributed by atoms with Gasteiger partial charge in [-0.05, 0) is 31.9 Å². The highest BCUT2D eigenvalue weighted by atomic mass is 19.1. The van der Waals surface area contributed by atoms with Gasteiger partial charge in [-0.1, -0.05) is 25.0 Å². The second-order valence-electron chi connectivity index (χ2n) is 6.76. The van der Waals surface area contributed by atoms with E-state index in [1.54, 1.807) is 0 Å². The second kappa shape index (κ2) is 7.35. The molecule has 0 aromatic heterocycles. The maximum absolute atomic E-state index is 13.1. The van der Waals surface area contributed by atoms with Crippen LogP contribution in [-0.2, 0) is 19.1 Å². The highest BCUT2D eigenvalue weighted by Gasteiger charge is 2.51. The Hall–Kier alpha value is -2.57. The van der Waals surface area contributed by atoms with E-state index in [2.05, 4.69) is 0 Å². The van der Waals surface area contributed by atoms with Gasteiger partial charge in [0.05, 0.1) is 11.8 Å². The lowest BCUT2D eigenvalue weighted by molar-refractivity contribution is -0.157. The largest absolute Gasteiger partial charge is 0.456 e. The van der Waals surface area contributed by atoms with Gasteiger partial charge >= 0.3 is 5.97 Å². The maximum Gasteiger partial charge on any atom is 0.329 e. The zero-order valence-corrected chi connectivity index (χ0v) is 14.4. The van der Waals surface area contributed by atoms with Gasteiger partial charge in [-0.15, -0.1) is 0 Å². The van der Waals surface area contributed by atoms with Crippen LogP contribution in [0.3, 0.4) is 0 Å². The van der Waals surface area contributed by atoms with Crippen molar-refractivity contribution in [2.75, 3.05) is 6.61 Å². The van der Waals surface area contributed by atoms with Gasteiger partial charge in [-0.3, -0.25) is 19.3 Å². The number of ether oxygens (including phenoxy) is 1.